The van der Waals surface area contributed by atoms with Gasteiger partial charge in [-0.1, -0.05) is 25.1 Å². The molecule has 1 aromatic carbocycles. The molecule has 0 saturated heterocycles. The topological polar surface area (TPSA) is 41.5 Å². The first-order chi connectivity index (χ1) is 8.15. The number of benzene rings is 1. The van der Waals surface area contributed by atoms with E-state index in [1.54, 1.807) is 0 Å². The molecular formula is C14H23NO2. The summed E-state index contributed by atoms with van der Waals surface area (Å²) in [5.41, 5.74) is 2.22. The number of rotatable bonds is 7. The summed E-state index contributed by atoms with van der Waals surface area (Å²) < 4.78 is 5.67. The third kappa shape index (κ3) is 4.75. The Bertz CT molecular complexity index is 319. The predicted molar refractivity (Wildman–Crippen MR) is 70.6 cm³/mol. The van der Waals surface area contributed by atoms with Gasteiger partial charge in [0.15, 0.2) is 0 Å². The highest BCUT2D eigenvalue weighted by Gasteiger charge is 2.07. The summed E-state index contributed by atoms with van der Waals surface area (Å²) in [5.74, 6) is 0.891. The van der Waals surface area contributed by atoms with Crippen LogP contribution in [0.1, 0.15) is 24.5 Å². The Morgan fingerprint density at radius 1 is 1.29 bits per heavy atom. The molecule has 0 radical (unpaired) electrons. The van der Waals surface area contributed by atoms with Crippen LogP contribution in [0.2, 0.25) is 0 Å². The van der Waals surface area contributed by atoms with Gasteiger partial charge in [-0.05, 0) is 37.9 Å². The van der Waals surface area contributed by atoms with Gasteiger partial charge in [0.25, 0.3) is 0 Å². The van der Waals surface area contributed by atoms with Crippen molar-refractivity contribution in [3.8, 4) is 5.75 Å². The molecule has 0 spiro atoms. The van der Waals surface area contributed by atoms with E-state index in [-0.39, 0.29) is 0 Å². The average molecular weight is 237 g/mol. The van der Waals surface area contributed by atoms with E-state index >= 15 is 0 Å². The number of hydrogen-bond acceptors (Lipinski definition) is 3. The fourth-order valence-corrected chi connectivity index (χ4v) is 1.71. The van der Waals surface area contributed by atoms with Crippen molar-refractivity contribution in [3.05, 3.63) is 29.3 Å². The molecule has 0 aliphatic heterocycles. The van der Waals surface area contributed by atoms with Crippen molar-refractivity contribution >= 4 is 0 Å². The third-order valence-electron chi connectivity index (χ3n) is 2.64. The maximum absolute atomic E-state index is 9.73. The first kappa shape index (κ1) is 14.0. The van der Waals surface area contributed by atoms with Crippen LogP contribution in [0.15, 0.2) is 18.2 Å². The highest BCUT2D eigenvalue weighted by molar-refractivity contribution is 5.39. The summed E-state index contributed by atoms with van der Waals surface area (Å²) in [4.78, 5) is 0. The predicted octanol–water partition coefficient (Wildman–Crippen LogP) is 2.04. The molecule has 1 rings (SSSR count). The van der Waals surface area contributed by atoms with Gasteiger partial charge in [0.1, 0.15) is 18.5 Å². The molecule has 0 bridgehead atoms. The van der Waals surface area contributed by atoms with E-state index in [9.17, 15) is 5.11 Å². The molecule has 0 aromatic heterocycles. The number of nitrogens with one attached hydrogen (secondary N) is 1. The van der Waals surface area contributed by atoms with E-state index in [0.717, 1.165) is 29.8 Å². The number of para-hydroxylation sites is 1. The zero-order valence-electron chi connectivity index (χ0n) is 11.0. The van der Waals surface area contributed by atoms with Crippen LogP contribution in [0.25, 0.3) is 0 Å². The monoisotopic (exact) mass is 237 g/mol. The van der Waals surface area contributed by atoms with E-state index in [1.165, 1.54) is 0 Å². The fraction of sp³-hybridized carbons (Fsp3) is 0.571. The van der Waals surface area contributed by atoms with Gasteiger partial charge in [-0.25, -0.2) is 0 Å². The van der Waals surface area contributed by atoms with Gasteiger partial charge in [0.05, 0.1) is 0 Å². The lowest BCUT2D eigenvalue weighted by Crippen LogP contribution is -2.32. The van der Waals surface area contributed by atoms with Crippen molar-refractivity contribution in [2.75, 3.05) is 19.7 Å². The minimum atomic E-state index is -0.458. The van der Waals surface area contributed by atoms with Crippen LogP contribution in [0.5, 0.6) is 5.75 Å². The van der Waals surface area contributed by atoms with Gasteiger partial charge in [0.2, 0.25) is 0 Å². The number of aliphatic hydroxyl groups excluding tert-OH is 1. The smallest absolute Gasteiger partial charge is 0.125 e. The largest absolute Gasteiger partial charge is 0.490 e. The van der Waals surface area contributed by atoms with Crippen LogP contribution in [-0.4, -0.2) is 30.9 Å². The van der Waals surface area contributed by atoms with Crippen molar-refractivity contribution in [1.29, 1.82) is 0 Å². The van der Waals surface area contributed by atoms with Crippen molar-refractivity contribution in [2.24, 2.45) is 0 Å². The van der Waals surface area contributed by atoms with Gasteiger partial charge in [-0.2, -0.15) is 0 Å². The number of aliphatic hydroxyl groups is 1. The summed E-state index contributed by atoms with van der Waals surface area (Å²) in [7, 11) is 0. The maximum Gasteiger partial charge on any atom is 0.125 e. The van der Waals surface area contributed by atoms with Crippen molar-refractivity contribution in [3.63, 3.8) is 0 Å². The number of ether oxygens (including phenoxy) is 1. The van der Waals surface area contributed by atoms with Crippen molar-refractivity contribution in [1.82, 2.24) is 5.32 Å². The Hall–Kier alpha value is -1.06. The molecule has 0 heterocycles. The van der Waals surface area contributed by atoms with Crippen LogP contribution < -0.4 is 10.1 Å². The Balaban J connectivity index is 2.39. The molecule has 1 unspecified atom stereocenters. The van der Waals surface area contributed by atoms with E-state index < -0.39 is 6.10 Å². The molecule has 1 atom stereocenters. The van der Waals surface area contributed by atoms with Gasteiger partial charge < -0.3 is 15.2 Å². The average Bonchev–Trinajstić information content (AvgIpc) is 2.29. The molecule has 17 heavy (non-hydrogen) atoms. The van der Waals surface area contributed by atoms with Crippen LogP contribution in [0.4, 0.5) is 0 Å². The lowest BCUT2D eigenvalue weighted by atomic mass is 10.1. The second-order valence-corrected chi connectivity index (χ2v) is 4.39. The van der Waals surface area contributed by atoms with Crippen LogP contribution in [-0.2, 0) is 0 Å². The summed E-state index contributed by atoms with van der Waals surface area (Å²) in [6.45, 7) is 7.99. The van der Waals surface area contributed by atoms with Crippen LogP contribution >= 0.6 is 0 Å². The quantitative estimate of drug-likeness (QED) is 0.713. The lowest BCUT2D eigenvalue weighted by molar-refractivity contribution is 0.106. The second-order valence-electron chi connectivity index (χ2n) is 4.39. The molecule has 0 saturated carbocycles. The minimum Gasteiger partial charge on any atom is -0.490 e. The summed E-state index contributed by atoms with van der Waals surface area (Å²) in [6.07, 6.45) is 0.616. The highest BCUT2D eigenvalue weighted by atomic mass is 16.5. The van der Waals surface area contributed by atoms with E-state index in [2.05, 4.69) is 12.2 Å². The molecule has 0 aliphatic rings. The first-order valence-corrected chi connectivity index (χ1v) is 6.23. The molecule has 2 N–H and O–H groups in total. The van der Waals surface area contributed by atoms with Crippen LogP contribution in [0, 0.1) is 13.8 Å². The Morgan fingerprint density at radius 2 is 1.94 bits per heavy atom. The molecule has 0 amide bonds. The molecular weight excluding hydrogens is 214 g/mol. The molecule has 0 fully saturated rings. The standard InChI is InChI=1S/C14H23NO2/c1-4-8-15-9-13(16)10-17-14-11(2)6-5-7-12(14)3/h5-7,13,15-16H,4,8-10H2,1-3H3. The molecule has 3 nitrogen and oxygen atoms in total. The van der Waals surface area contributed by atoms with Gasteiger partial charge in [-0.3, -0.25) is 0 Å². The van der Waals surface area contributed by atoms with Crippen molar-refractivity contribution in [2.45, 2.75) is 33.3 Å². The Kier molecular flexibility index (Phi) is 6.01. The normalized spacial score (nSPS) is 12.5. The summed E-state index contributed by atoms with van der Waals surface area (Å²) in [5, 5.41) is 12.9. The second kappa shape index (κ2) is 7.30. The fourth-order valence-electron chi connectivity index (χ4n) is 1.71. The van der Waals surface area contributed by atoms with Gasteiger partial charge in [0, 0.05) is 6.54 Å². The van der Waals surface area contributed by atoms with Crippen molar-refractivity contribution < 1.29 is 9.84 Å². The zero-order valence-corrected chi connectivity index (χ0v) is 11.0. The molecule has 96 valence electrons. The minimum absolute atomic E-state index is 0.336. The Labute approximate surface area is 104 Å². The highest BCUT2D eigenvalue weighted by Crippen LogP contribution is 2.22. The molecule has 3 heteroatoms. The molecule has 0 aliphatic carbocycles. The summed E-state index contributed by atoms with van der Waals surface area (Å²) in [6, 6.07) is 6.05. The maximum atomic E-state index is 9.73. The van der Waals surface area contributed by atoms with E-state index in [0.29, 0.717) is 13.2 Å². The summed E-state index contributed by atoms with van der Waals surface area (Å²) >= 11 is 0. The van der Waals surface area contributed by atoms with E-state index in [4.69, 9.17) is 4.74 Å². The van der Waals surface area contributed by atoms with E-state index in [1.807, 2.05) is 32.0 Å². The first-order valence-electron chi connectivity index (χ1n) is 6.23. The lowest BCUT2D eigenvalue weighted by Gasteiger charge is -2.15. The number of hydrogen-bond donors (Lipinski definition) is 2. The number of aryl methyl sites for hydroxylation is 2. The van der Waals surface area contributed by atoms with Gasteiger partial charge in [-0.15, -0.1) is 0 Å². The SMILES string of the molecule is CCCNCC(O)COc1c(C)cccc1C. The zero-order chi connectivity index (χ0) is 12.7. The van der Waals surface area contributed by atoms with Crippen LogP contribution in [0.3, 0.4) is 0 Å². The molecule has 1 aromatic rings. The Morgan fingerprint density at radius 3 is 2.53 bits per heavy atom. The van der Waals surface area contributed by atoms with Gasteiger partial charge >= 0.3 is 0 Å². The third-order valence-corrected chi connectivity index (χ3v) is 2.64.